The Morgan fingerprint density at radius 3 is 2.53 bits per heavy atom. The number of nitrogens with zero attached hydrogens (tertiary/aromatic N) is 1. The van der Waals surface area contributed by atoms with Crippen molar-refractivity contribution in [3.05, 3.63) is 64.0 Å². The van der Waals surface area contributed by atoms with Crippen molar-refractivity contribution in [1.82, 2.24) is 0 Å². The number of non-ortho nitro benzene ring substituents is 1. The van der Waals surface area contributed by atoms with Crippen molar-refractivity contribution in [3.63, 3.8) is 0 Å². The second kappa shape index (κ2) is 10.2. The number of nitrogens with one attached hydrogen (secondary N) is 2. The van der Waals surface area contributed by atoms with E-state index in [0.29, 0.717) is 18.3 Å². The Kier molecular flexibility index (Phi) is 7.35. The highest BCUT2D eigenvalue weighted by molar-refractivity contribution is 5.93. The van der Waals surface area contributed by atoms with Crippen LogP contribution in [-0.4, -0.2) is 30.5 Å². The lowest BCUT2D eigenvalue weighted by Crippen LogP contribution is -3.15. The molecule has 30 heavy (non-hydrogen) atoms. The lowest BCUT2D eigenvalue weighted by atomic mass is 9.93. The third kappa shape index (κ3) is 5.76. The number of nitro benzene ring substituents is 1. The van der Waals surface area contributed by atoms with Gasteiger partial charge < -0.3 is 15.0 Å². The molecule has 2 aromatic rings. The van der Waals surface area contributed by atoms with Gasteiger partial charge in [-0.2, -0.15) is 0 Å². The zero-order valence-corrected chi connectivity index (χ0v) is 17.0. The number of benzene rings is 2. The highest BCUT2D eigenvalue weighted by Crippen LogP contribution is 2.28. The molecule has 8 heteroatoms. The molecule has 1 aliphatic carbocycles. The smallest absolute Gasteiger partial charge is 0.279 e. The number of hydrogen-bond acceptors (Lipinski definition) is 4. The molecule has 0 radical (unpaired) electrons. The number of quaternary nitrogens is 1. The summed E-state index contributed by atoms with van der Waals surface area (Å²) in [4.78, 5) is 24.5. The van der Waals surface area contributed by atoms with Crippen molar-refractivity contribution in [1.29, 1.82) is 0 Å². The summed E-state index contributed by atoms with van der Waals surface area (Å²) in [5.41, 5.74) is 1.13. The quantitative estimate of drug-likeness (QED) is 0.512. The fourth-order valence-corrected chi connectivity index (χ4v) is 4.03. The van der Waals surface area contributed by atoms with Crippen LogP contribution in [-0.2, 0) is 11.3 Å². The van der Waals surface area contributed by atoms with Gasteiger partial charge in [0.1, 0.15) is 18.1 Å². The molecule has 1 aliphatic rings. The summed E-state index contributed by atoms with van der Waals surface area (Å²) in [6, 6.07) is 10.8. The predicted molar refractivity (Wildman–Crippen MR) is 111 cm³/mol. The van der Waals surface area contributed by atoms with Crippen molar-refractivity contribution in [2.24, 2.45) is 0 Å². The summed E-state index contributed by atoms with van der Waals surface area (Å²) < 4.78 is 18.5. The molecule has 1 fully saturated rings. The van der Waals surface area contributed by atoms with Crippen LogP contribution in [0, 0.1) is 15.9 Å². The molecule has 7 nitrogen and oxygen atoms in total. The van der Waals surface area contributed by atoms with Gasteiger partial charge in [0.2, 0.25) is 0 Å². The number of carbonyl (C=O) groups excluding carboxylic acids is 1. The summed E-state index contributed by atoms with van der Waals surface area (Å²) >= 11 is 0. The van der Waals surface area contributed by atoms with Crippen LogP contribution in [0.4, 0.5) is 15.8 Å². The van der Waals surface area contributed by atoms with E-state index in [-0.39, 0.29) is 29.6 Å². The third-order valence-corrected chi connectivity index (χ3v) is 5.58. The first-order valence-electron chi connectivity index (χ1n) is 10.2. The maximum Gasteiger partial charge on any atom is 0.279 e. The minimum atomic E-state index is -0.511. The fraction of sp³-hybridized carbons (Fsp3) is 0.409. The van der Waals surface area contributed by atoms with E-state index in [1.807, 2.05) is 0 Å². The molecule has 1 saturated carbocycles. The second-order valence-electron chi connectivity index (χ2n) is 7.66. The lowest BCUT2D eigenvalue weighted by Gasteiger charge is -2.31. The monoisotopic (exact) mass is 416 g/mol. The van der Waals surface area contributed by atoms with E-state index in [1.165, 1.54) is 43.9 Å². The number of nitro groups is 1. The number of carbonyl (C=O) groups is 1. The van der Waals surface area contributed by atoms with Gasteiger partial charge in [-0.15, -0.1) is 0 Å². The first-order valence-corrected chi connectivity index (χ1v) is 10.2. The Hall–Kier alpha value is -3.00. The number of amides is 1. The van der Waals surface area contributed by atoms with Gasteiger partial charge in [0, 0.05) is 17.7 Å². The number of methoxy groups -OCH3 is 1. The first kappa shape index (κ1) is 21.7. The number of ether oxygens (including phenoxy) is 1. The van der Waals surface area contributed by atoms with E-state index >= 15 is 0 Å². The molecular formula is C22H27FN3O4+. The summed E-state index contributed by atoms with van der Waals surface area (Å²) in [5, 5.41) is 13.8. The van der Waals surface area contributed by atoms with Gasteiger partial charge in [-0.1, -0.05) is 18.6 Å². The molecular weight excluding hydrogens is 389 g/mol. The first-order chi connectivity index (χ1) is 14.5. The zero-order valence-electron chi connectivity index (χ0n) is 17.0. The number of hydrogen-bond donors (Lipinski definition) is 2. The molecule has 0 bridgehead atoms. The van der Waals surface area contributed by atoms with Crippen molar-refractivity contribution in [3.8, 4) is 5.75 Å². The molecule has 160 valence electrons. The van der Waals surface area contributed by atoms with Gasteiger partial charge in [0.05, 0.1) is 23.8 Å². The Morgan fingerprint density at radius 2 is 1.90 bits per heavy atom. The van der Waals surface area contributed by atoms with Crippen LogP contribution < -0.4 is 15.0 Å². The molecule has 1 amide bonds. The molecule has 1 atom stereocenters. The summed E-state index contributed by atoms with van der Waals surface area (Å²) in [6.45, 7) is 0.832. The van der Waals surface area contributed by atoms with Gasteiger partial charge in [-0.3, -0.25) is 14.9 Å². The van der Waals surface area contributed by atoms with E-state index < -0.39 is 4.92 Å². The highest BCUT2D eigenvalue weighted by atomic mass is 19.1. The van der Waals surface area contributed by atoms with E-state index in [2.05, 4.69) is 5.32 Å². The molecule has 0 heterocycles. The maximum absolute atomic E-state index is 13.3. The molecule has 0 aromatic heterocycles. The minimum Gasteiger partial charge on any atom is -0.495 e. The highest BCUT2D eigenvalue weighted by Gasteiger charge is 2.27. The summed E-state index contributed by atoms with van der Waals surface area (Å²) in [6.07, 6.45) is 5.57. The molecule has 3 rings (SSSR count). The van der Waals surface area contributed by atoms with Crippen molar-refractivity contribution in [2.45, 2.75) is 44.7 Å². The van der Waals surface area contributed by atoms with Crippen LogP contribution in [0.25, 0.3) is 0 Å². The van der Waals surface area contributed by atoms with Crippen molar-refractivity contribution >= 4 is 17.3 Å². The summed E-state index contributed by atoms with van der Waals surface area (Å²) in [5.74, 6) is -0.156. The number of halogens is 1. The topological polar surface area (TPSA) is 85.9 Å². The molecule has 0 saturated heterocycles. The molecule has 2 N–H and O–H groups in total. The lowest BCUT2D eigenvalue weighted by molar-refractivity contribution is -0.932. The van der Waals surface area contributed by atoms with Crippen LogP contribution in [0.3, 0.4) is 0 Å². The van der Waals surface area contributed by atoms with E-state index in [9.17, 15) is 19.3 Å². The van der Waals surface area contributed by atoms with Gasteiger partial charge in [0.15, 0.2) is 6.54 Å². The molecule has 0 aliphatic heterocycles. The largest absolute Gasteiger partial charge is 0.495 e. The maximum atomic E-state index is 13.3. The Bertz CT molecular complexity index is 882. The Labute approximate surface area is 175 Å². The predicted octanol–water partition coefficient (Wildman–Crippen LogP) is 3.10. The normalized spacial score (nSPS) is 15.4. The van der Waals surface area contributed by atoms with Gasteiger partial charge >= 0.3 is 0 Å². The van der Waals surface area contributed by atoms with Gasteiger partial charge in [-0.05, 0) is 43.9 Å². The van der Waals surface area contributed by atoms with Crippen LogP contribution in [0.15, 0.2) is 42.5 Å². The SMILES string of the molecule is COc1ccc([N+](=O)[O-])cc1NC(=O)C[NH+](Cc1ccc(F)cc1)C1CCCCC1. The Balaban J connectivity index is 1.74. The average Bonchev–Trinajstić information content (AvgIpc) is 2.75. The van der Waals surface area contributed by atoms with E-state index in [4.69, 9.17) is 4.74 Å². The van der Waals surface area contributed by atoms with Crippen LogP contribution in [0.5, 0.6) is 5.75 Å². The zero-order chi connectivity index (χ0) is 21.5. The van der Waals surface area contributed by atoms with E-state index in [1.54, 1.807) is 12.1 Å². The van der Waals surface area contributed by atoms with Gasteiger partial charge in [0.25, 0.3) is 11.6 Å². The molecule has 0 spiro atoms. The second-order valence-corrected chi connectivity index (χ2v) is 7.66. The molecule has 1 unspecified atom stereocenters. The average molecular weight is 416 g/mol. The summed E-state index contributed by atoms with van der Waals surface area (Å²) in [7, 11) is 1.45. The molecule has 2 aromatic carbocycles. The van der Waals surface area contributed by atoms with Gasteiger partial charge in [-0.25, -0.2) is 4.39 Å². The van der Waals surface area contributed by atoms with Crippen molar-refractivity contribution in [2.75, 3.05) is 19.0 Å². The van der Waals surface area contributed by atoms with Crippen molar-refractivity contribution < 1.29 is 23.7 Å². The standard InChI is InChI=1S/C22H26FN3O4/c1-30-21-12-11-19(26(28)29)13-20(21)24-22(27)15-25(18-5-3-2-4-6-18)14-16-7-9-17(23)10-8-16/h7-13,18H,2-6,14-15H2,1H3,(H,24,27)/p+1. The fourth-order valence-electron chi connectivity index (χ4n) is 4.03. The van der Waals surface area contributed by atoms with Crippen LogP contribution in [0.2, 0.25) is 0 Å². The van der Waals surface area contributed by atoms with Crippen LogP contribution in [0.1, 0.15) is 37.7 Å². The minimum absolute atomic E-state index is 0.117. The number of rotatable bonds is 8. The van der Waals surface area contributed by atoms with E-state index in [0.717, 1.165) is 36.1 Å². The van der Waals surface area contributed by atoms with Crippen LogP contribution >= 0.6 is 0 Å². The third-order valence-electron chi connectivity index (χ3n) is 5.58. The number of anilines is 1. The Morgan fingerprint density at radius 1 is 1.20 bits per heavy atom.